The van der Waals surface area contributed by atoms with E-state index in [1.165, 1.54) is 5.56 Å². The Hall–Kier alpha value is -1.88. The van der Waals surface area contributed by atoms with Crippen LogP contribution in [0.1, 0.15) is 37.8 Å². The van der Waals surface area contributed by atoms with Gasteiger partial charge in [-0.3, -0.25) is 4.79 Å². The first-order valence-corrected chi connectivity index (χ1v) is 7.63. The number of rotatable bonds is 9. The molecule has 22 heavy (non-hydrogen) atoms. The number of aryl methyl sites for hydroxylation is 1. The number of carbonyl (C=O) groups excluding carboxylic acids is 1. The molecule has 0 aliphatic rings. The van der Waals surface area contributed by atoms with Crippen LogP contribution in [0.3, 0.4) is 0 Å². The topological polar surface area (TPSA) is 86.6 Å². The highest BCUT2D eigenvalue weighted by Crippen LogP contribution is 2.11. The Labute approximate surface area is 131 Å². The van der Waals surface area contributed by atoms with E-state index in [9.17, 15) is 9.59 Å². The van der Waals surface area contributed by atoms with Gasteiger partial charge in [0.1, 0.15) is 6.04 Å². The van der Waals surface area contributed by atoms with Gasteiger partial charge in [0.25, 0.3) is 0 Å². The molecule has 1 rings (SSSR count). The average Bonchev–Trinajstić information content (AvgIpc) is 2.45. The van der Waals surface area contributed by atoms with E-state index in [0.717, 1.165) is 18.4 Å². The second-order valence-electron chi connectivity index (χ2n) is 5.91. The molecule has 1 atom stereocenters. The van der Waals surface area contributed by atoms with Crippen LogP contribution in [0.5, 0.6) is 0 Å². The van der Waals surface area contributed by atoms with E-state index < -0.39 is 18.6 Å². The maximum Gasteiger partial charge on any atom is 0.328 e. The number of benzene rings is 1. The van der Waals surface area contributed by atoms with Crippen LogP contribution in [0.15, 0.2) is 24.3 Å². The summed E-state index contributed by atoms with van der Waals surface area (Å²) in [6, 6.07) is 7.15. The summed E-state index contributed by atoms with van der Waals surface area (Å²) in [5.41, 5.74) is 2.47. The monoisotopic (exact) mass is 307 g/mol. The molecule has 122 valence electrons. The number of nitrogens with one attached hydrogen (secondary N) is 1. The molecular weight excluding hydrogens is 282 g/mol. The number of carbonyl (C=O) groups is 2. The van der Waals surface area contributed by atoms with Crippen LogP contribution in [0, 0.1) is 5.92 Å². The first-order chi connectivity index (χ1) is 10.4. The normalized spacial score (nSPS) is 12.2. The molecule has 0 spiro atoms. The number of aliphatic hydroxyl groups excluding tert-OH is 1. The molecule has 1 amide bonds. The van der Waals surface area contributed by atoms with Crippen molar-refractivity contribution in [2.45, 2.75) is 45.6 Å². The Bertz CT molecular complexity index is 482. The minimum atomic E-state index is -1.23. The smallest absolute Gasteiger partial charge is 0.328 e. The SMILES string of the molecule is CC(C)Cc1ccc(CCCC(=O)NC(CO)C(=O)O)cc1. The van der Waals surface area contributed by atoms with Crippen molar-refractivity contribution in [3.05, 3.63) is 35.4 Å². The molecule has 3 N–H and O–H groups in total. The molecule has 5 heteroatoms. The lowest BCUT2D eigenvalue weighted by atomic mass is 10.00. The third-order valence-corrected chi connectivity index (χ3v) is 3.35. The summed E-state index contributed by atoms with van der Waals surface area (Å²) < 4.78 is 0. The van der Waals surface area contributed by atoms with Crippen LogP contribution in [0.25, 0.3) is 0 Å². The second kappa shape index (κ2) is 9.20. The van der Waals surface area contributed by atoms with Crippen molar-refractivity contribution in [1.82, 2.24) is 5.32 Å². The number of carboxylic acids is 1. The van der Waals surface area contributed by atoms with Gasteiger partial charge in [-0.2, -0.15) is 0 Å². The Morgan fingerprint density at radius 2 is 1.73 bits per heavy atom. The van der Waals surface area contributed by atoms with Gasteiger partial charge in [0, 0.05) is 6.42 Å². The van der Waals surface area contributed by atoms with Crippen LogP contribution in [-0.4, -0.2) is 34.7 Å². The first kappa shape index (κ1) is 18.2. The predicted octanol–water partition coefficient (Wildman–Crippen LogP) is 1.77. The highest BCUT2D eigenvalue weighted by atomic mass is 16.4. The summed E-state index contributed by atoms with van der Waals surface area (Å²) in [5.74, 6) is -0.947. The molecule has 1 aromatic carbocycles. The van der Waals surface area contributed by atoms with Crippen molar-refractivity contribution < 1.29 is 19.8 Å². The van der Waals surface area contributed by atoms with Crippen LogP contribution < -0.4 is 5.32 Å². The van der Waals surface area contributed by atoms with E-state index in [4.69, 9.17) is 10.2 Å². The summed E-state index contributed by atoms with van der Waals surface area (Å²) in [6.07, 6.45) is 2.72. The van der Waals surface area contributed by atoms with E-state index in [0.29, 0.717) is 12.3 Å². The zero-order valence-corrected chi connectivity index (χ0v) is 13.2. The molecule has 0 saturated heterocycles. The summed E-state index contributed by atoms with van der Waals surface area (Å²) in [5, 5.41) is 19.9. The Morgan fingerprint density at radius 1 is 1.14 bits per heavy atom. The Balaban J connectivity index is 2.34. The molecule has 0 aliphatic heterocycles. The number of aliphatic carboxylic acids is 1. The molecule has 0 saturated carbocycles. The standard InChI is InChI=1S/C17H25NO4/c1-12(2)10-14-8-6-13(7-9-14)4-3-5-16(20)18-15(11-19)17(21)22/h6-9,12,15,19H,3-5,10-11H2,1-2H3,(H,18,20)(H,21,22). The maximum absolute atomic E-state index is 11.6. The Morgan fingerprint density at radius 3 is 2.23 bits per heavy atom. The summed E-state index contributed by atoms with van der Waals surface area (Å²) in [6.45, 7) is 3.77. The van der Waals surface area contributed by atoms with Gasteiger partial charge in [0.05, 0.1) is 6.61 Å². The van der Waals surface area contributed by atoms with Crippen LogP contribution in [0.4, 0.5) is 0 Å². The third-order valence-electron chi connectivity index (χ3n) is 3.35. The van der Waals surface area contributed by atoms with E-state index in [1.807, 2.05) is 0 Å². The number of hydrogen-bond acceptors (Lipinski definition) is 3. The number of hydrogen-bond donors (Lipinski definition) is 3. The zero-order valence-electron chi connectivity index (χ0n) is 13.2. The average molecular weight is 307 g/mol. The van der Waals surface area contributed by atoms with Crippen molar-refractivity contribution in [2.24, 2.45) is 5.92 Å². The van der Waals surface area contributed by atoms with Gasteiger partial charge in [-0.15, -0.1) is 0 Å². The van der Waals surface area contributed by atoms with Gasteiger partial charge in [0.15, 0.2) is 0 Å². The maximum atomic E-state index is 11.6. The lowest BCUT2D eigenvalue weighted by molar-refractivity contribution is -0.142. The fraction of sp³-hybridized carbons (Fsp3) is 0.529. The summed E-state index contributed by atoms with van der Waals surface area (Å²) in [4.78, 5) is 22.3. The predicted molar refractivity (Wildman–Crippen MR) is 84.6 cm³/mol. The van der Waals surface area contributed by atoms with Crippen molar-refractivity contribution >= 4 is 11.9 Å². The van der Waals surface area contributed by atoms with Gasteiger partial charge >= 0.3 is 5.97 Å². The van der Waals surface area contributed by atoms with Crippen LogP contribution >= 0.6 is 0 Å². The van der Waals surface area contributed by atoms with Gasteiger partial charge < -0.3 is 15.5 Å². The zero-order chi connectivity index (χ0) is 16.5. The Kier molecular flexibility index (Phi) is 7.60. The molecule has 5 nitrogen and oxygen atoms in total. The third kappa shape index (κ3) is 6.72. The second-order valence-corrected chi connectivity index (χ2v) is 5.91. The molecule has 0 fully saturated rings. The molecule has 0 radical (unpaired) electrons. The molecule has 0 bridgehead atoms. The number of carboxylic acid groups (broad SMARTS) is 1. The van der Waals surface area contributed by atoms with E-state index in [1.54, 1.807) is 0 Å². The van der Waals surface area contributed by atoms with Crippen LogP contribution in [-0.2, 0) is 22.4 Å². The van der Waals surface area contributed by atoms with E-state index in [2.05, 4.69) is 43.4 Å². The van der Waals surface area contributed by atoms with E-state index >= 15 is 0 Å². The largest absolute Gasteiger partial charge is 0.480 e. The molecule has 0 aromatic heterocycles. The van der Waals surface area contributed by atoms with Crippen molar-refractivity contribution in [1.29, 1.82) is 0 Å². The van der Waals surface area contributed by atoms with Crippen molar-refractivity contribution in [2.75, 3.05) is 6.61 Å². The van der Waals surface area contributed by atoms with Gasteiger partial charge in [0.2, 0.25) is 5.91 Å². The van der Waals surface area contributed by atoms with Crippen LogP contribution in [0.2, 0.25) is 0 Å². The fourth-order valence-corrected chi connectivity index (χ4v) is 2.22. The van der Waals surface area contributed by atoms with Crippen molar-refractivity contribution in [3.63, 3.8) is 0 Å². The fourth-order valence-electron chi connectivity index (χ4n) is 2.22. The van der Waals surface area contributed by atoms with Gasteiger partial charge in [-0.25, -0.2) is 4.79 Å². The number of aliphatic hydroxyl groups is 1. The summed E-state index contributed by atoms with van der Waals surface area (Å²) in [7, 11) is 0. The minimum absolute atomic E-state index is 0.248. The van der Waals surface area contributed by atoms with Gasteiger partial charge in [-0.05, 0) is 36.3 Å². The minimum Gasteiger partial charge on any atom is -0.480 e. The quantitative estimate of drug-likeness (QED) is 0.649. The molecule has 0 aliphatic carbocycles. The van der Waals surface area contributed by atoms with Gasteiger partial charge in [-0.1, -0.05) is 38.1 Å². The highest BCUT2D eigenvalue weighted by molar-refractivity contribution is 5.83. The van der Waals surface area contributed by atoms with Crippen molar-refractivity contribution in [3.8, 4) is 0 Å². The number of amides is 1. The molecular formula is C17H25NO4. The highest BCUT2D eigenvalue weighted by Gasteiger charge is 2.18. The first-order valence-electron chi connectivity index (χ1n) is 7.63. The molecule has 1 aromatic rings. The molecule has 0 heterocycles. The van der Waals surface area contributed by atoms with E-state index in [-0.39, 0.29) is 12.3 Å². The lowest BCUT2D eigenvalue weighted by Crippen LogP contribution is -2.43. The summed E-state index contributed by atoms with van der Waals surface area (Å²) >= 11 is 0. The lowest BCUT2D eigenvalue weighted by Gasteiger charge is -2.11. The molecule has 1 unspecified atom stereocenters.